The van der Waals surface area contributed by atoms with Crippen molar-refractivity contribution < 1.29 is 4.74 Å². The largest absolute Gasteiger partial charge is 0.463 e. The first-order valence-electron chi connectivity index (χ1n) is 5.66. The summed E-state index contributed by atoms with van der Waals surface area (Å²) in [4.78, 5) is 16.7. The summed E-state index contributed by atoms with van der Waals surface area (Å²) < 4.78 is 6.26. The van der Waals surface area contributed by atoms with Gasteiger partial charge in [0.1, 0.15) is 0 Å². The van der Waals surface area contributed by atoms with Crippen molar-refractivity contribution in [3.8, 4) is 6.01 Å². The quantitative estimate of drug-likeness (QED) is 0.616. The van der Waals surface area contributed by atoms with Crippen LogP contribution in [0.4, 0.5) is 5.95 Å². The summed E-state index contributed by atoms with van der Waals surface area (Å²) >= 11 is 2.90. The predicted octanol–water partition coefficient (Wildman–Crippen LogP) is 1.86. The molecule has 0 aromatic carbocycles. The Morgan fingerprint density at radius 1 is 1.37 bits per heavy atom. The number of aryl methyl sites for hydroxylation is 1. The summed E-state index contributed by atoms with van der Waals surface area (Å²) in [6.45, 7) is 4.50. The van der Waals surface area contributed by atoms with Gasteiger partial charge in [0, 0.05) is 11.1 Å². The van der Waals surface area contributed by atoms with Gasteiger partial charge in [-0.15, -0.1) is 11.3 Å². The third kappa shape index (κ3) is 4.01. The van der Waals surface area contributed by atoms with Crippen molar-refractivity contribution in [3.63, 3.8) is 0 Å². The smallest absolute Gasteiger partial charge is 0.322 e. The molecule has 0 aliphatic rings. The number of rotatable bonds is 6. The van der Waals surface area contributed by atoms with Crippen molar-refractivity contribution >= 4 is 29.0 Å². The first-order valence-corrected chi connectivity index (χ1v) is 7.36. The zero-order valence-electron chi connectivity index (χ0n) is 10.6. The molecule has 2 aromatic heterocycles. The van der Waals surface area contributed by atoms with E-state index in [0.717, 1.165) is 16.5 Å². The first-order chi connectivity index (χ1) is 9.21. The van der Waals surface area contributed by atoms with Crippen LogP contribution in [-0.4, -0.2) is 26.5 Å². The Hall–Kier alpha value is -1.45. The van der Waals surface area contributed by atoms with Gasteiger partial charge in [-0.1, -0.05) is 6.92 Å². The molecule has 0 bridgehead atoms. The third-order valence-corrected chi connectivity index (χ3v) is 3.86. The summed E-state index contributed by atoms with van der Waals surface area (Å²) in [5, 5.41) is 2.48. The van der Waals surface area contributed by atoms with Crippen LogP contribution in [0.2, 0.25) is 0 Å². The lowest BCUT2D eigenvalue weighted by Crippen LogP contribution is -2.13. The van der Waals surface area contributed by atoms with Gasteiger partial charge in [0.15, 0.2) is 4.34 Å². The van der Waals surface area contributed by atoms with Crippen molar-refractivity contribution in [2.75, 3.05) is 12.0 Å². The number of ether oxygens (including phenoxy) is 1. The van der Waals surface area contributed by atoms with E-state index < -0.39 is 0 Å². The molecule has 9 heteroatoms. The molecule has 0 amide bonds. The molecule has 0 aliphatic heterocycles. The maximum atomic E-state index is 5.39. The average molecular weight is 298 g/mol. The number of nitrogens with zero attached hydrogens (tertiary/aromatic N) is 4. The molecule has 3 N–H and O–H groups in total. The lowest BCUT2D eigenvalue weighted by molar-refractivity contribution is 0.288. The second-order valence-corrected chi connectivity index (χ2v) is 5.65. The second kappa shape index (κ2) is 6.64. The summed E-state index contributed by atoms with van der Waals surface area (Å²) in [6.07, 6.45) is 0.880. The summed E-state index contributed by atoms with van der Waals surface area (Å²) in [5.74, 6) is 5.61. The number of nitrogen functional groups attached to an aromatic ring is 1. The maximum absolute atomic E-state index is 5.39. The van der Waals surface area contributed by atoms with Gasteiger partial charge in [0.2, 0.25) is 11.1 Å². The molecular weight excluding hydrogens is 284 g/mol. The van der Waals surface area contributed by atoms with Gasteiger partial charge in [-0.05, 0) is 25.1 Å². The van der Waals surface area contributed by atoms with E-state index in [4.69, 9.17) is 10.6 Å². The fraction of sp³-hybridized carbons (Fsp3) is 0.400. The van der Waals surface area contributed by atoms with Gasteiger partial charge < -0.3 is 4.74 Å². The van der Waals surface area contributed by atoms with Crippen LogP contribution < -0.4 is 16.0 Å². The predicted molar refractivity (Wildman–Crippen MR) is 74.4 cm³/mol. The molecule has 0 unspecified atom stereocenters. The van der Waals surface area contributed by atoms with Crippen molar-refractivity contribution in [2.24, 2.45) is 5.84 Å². The van der Waals surface area contributed by atoms with Crippen molar-refractivity contribution in [3.05, 3.63) is 11.1 Å². The molecule has 0 spiro atoms. The van der Waals surface area contributed by atoms with Crippen molar-refractivity contribution in [1.82, 2.24) is 19.9 Å². The summed E-state index contributed by atoms with van der Waals surface area (Å²) in [6, 6.07) is 0.264. The summed E-state index contributed by atoms with van der Waals surface area (Å²) in [5.41, 5.74) is 3.38. The fourth-order valence-electron chi connectivity index (χ4n) is 1.16. The van der Waals surface area contributed by atoms with Crippen molar-refractivity contribution in [1.29, 1.82) is 0 Å². The van der Waals surface area contributed by atoms with E-state index >= 15 is 0 Å². The molecule has 0 radical (unpaired) electrons. The number of nitrogens with one attached hydrogen (secondary N) is 1. The molecule has 0 fully saturated rings. The molecule has 2 rings (SSSR count). The average Bonchev–Trinajstić information content (AvgIpc) is 2.81. The van der Waals surface area contributed by atoms with Crippen LogP contribution in [0.3, 0.4) is 0 Å². The highest BCUT2D eigenvalue weighted by Gasteiger charge is 2.10. The standard InChI is InChI=1S/C10H14N6OS2/c1-3-4-17-8-13-7(16-11)14-9(15-8)19-10-12-6(2)5-18-10/h5H,3-4,11H2,1-2H3,(H,13,14,15,16). The number of aromatic nitrogens is 4. The van der Waals surface area contributed by atoms with E-state index in [1.807, 2.05) is 19.2 Å². The minimum absolute atomic E-state index is 0.264. The Bertz CT molecular complexity index is 547. The first kappa shape index (κ1) is 14.0. The second-order valence-electron chi connectivity index (χ2n) is 3.57. The molecule has 19 heavy (non-hydrogen) atoms. The van der Waals surface area contributed by atoms with Crippen LogP contribution in [0, 0.1) is 6.92 Å². The van der Waals surface area contributed by atoms with Crippen LogP contribution in [-0.2, 0) is 0 Å². The zero-order valence-corrected chi connectivity index (χ0v) is 12.2. The number of hydrazine groups is 1. The van der Waals surface area contributed by atoms with E-state index in [-0.39, 0.29) is 12.0 Å². The zero-order chi connectivity index (χ0) is 13.7. The van der Waals surface area contributed by atoms with Crippen LogP contribution in [0.25, 0.3) is 0 Å². The molecular formula is C10H14N6OS2. The molecule has 0 aliphatic carbocycles. The van der Waals surface area contributed by atoms with Gasteiger partial charge in [-0.3, -0.25) is 5.43 Å². The molecule has 0 saturated carbocycles. The van der Waals surface area contributed by atoms with Crippen LogP contribution in [0.1, 0.15) is 19.0 Å². The Balaban J connectivity index is 2.18. The molecule has 0 atom stereocenters. The number of hydrogen-bond donors (Lipinski definition) is 2. The monoisotopic (exact) mass is 298 g/mol. The Morgan fingerprint density at radius 3 is 2.84 bits per heavy atom. The van der Waals surface area contributed by atoms with Gasteiger partial charge in [0.05, 0.1) is 6.61 Å². The van der Waals surface area contributed by atoms with E-state index in [9.17, 15) is 0 Å². The van der Waals surface area contributed by atoms with E-state index in [2.05, 4.69) is 25.4 Å². The normalized spacial score (nSPS) is 10.5. The number of hydrogen-bond acceptors (Lipinski definition) is 9. The van der Waals surface area contributed by atoms with Crippen molar-refractivity contribution in [2.45, 2.75) is 29.8 Å². The molecule has 102 valence electrons. The van der Waals surface area contributed by atoms with Crippen LogP contribution in [0.5, 0.6) is 6.01 Å². The van der Waals surface area contributed by atoms with E-state index in [0.29, 0.717) is 11.8 Å². The van der Waals surface area contributed by atoms with E-state index in [1.165, 1.54) is 11.8 Å². The van der Waals surface area contributed by atoms with Gasteiger partial charge >= 0.3 is 6.01 Å². The maximum Gasteiger partial charge on any atom is 0.322 e. The molecule has 2 heterocycles. The number of thiazole rings is 1. The highest BCUT2D eigenvalue weighted by atomic mass is 32.2. The highest BCUT2D eigenvalue weighted by molar-refractivity contribution is 8.00. The van der Waals surface area contributed by atoms with Gasteiger partial charge in [-0.2, -0.15) is 15.0 Å². The van der Waals surface area contributed by atoms with Gasteiger partial charge in [0.25, 0.3) is 0 Å². The minimum Gasteiger partial charge on any atom is -0.463 e. The minimum atomic E-state index is 0.264. The molecule has 2 aromatic rings. The molecule has 0 saturated heterocycles. The third-order valence-electron chi connectivity index (χ3n) is 1.94. The Labute approximate surface area is 119 Å². The molecule has 7 nitrogen and oxygen atoms in total. The topological polar surface area (TPSA) is 98.8 Å². The van der Waals surface area contributed by atoms with Crippen LogP contribution in [0.15, 0.2) is 14.9 Å². The van der Waals surface area contributed by atoms with Crippen LogP contribution >= 0.6 is 23.1 Å². The lowest BCUT2D eigenvalue weighted by atomic mass is 10.5. The Morgan fingerprint density at radius 2 is 2.21 bits per heavy atom. The Kier molecular flexibility index (Phi) is 4.88. The highest BCUT2D eigenvalue weighted by Crippen LogP contribution is 2.28. The number of nitrogens with two attached hydrogens (primary N) is 1. The van der Waals surface area contributed by atoms with Gasteiger partial charge in [-0.25, -0.2) is 10.8 Å². The SMILES string of the molecule is CCCOc1nc(NN)nc(Sc2nc(C)cs2)n1. The summed E-state index contributed by atoms with van der Waals surface area (Å²) in [7, 11) is 0. The fourth-order valence-corrected chi connectivity index (χ4v) is 2.85. The van der Waals surface area contributed by atoms with E-state index in [1.54, 1.807) is 11.3 Å². The number of anilines is 1. The lowest BCUT2D eigenvalue weighted by Gasteiger charge is -2.05.